The SMILES string of the molecule is COC(=O)Nc1ccc(NCc2c(Cl)cccc2Cl)cc1. The van der Waals surface area contributed by atoms with Crippen LogP contribution in [0.25, 0.3) is 0 Å². The molecule has 0 spiro atoms. The Morgan fingerprint density at radius 1 is 1.05 bits per heavy atom. The molecule has 2 aromatic carbocycles. The Morgan fingerprint density at radius 3 is 2.19 bits per heavy atom. The van der Waals surface area contributed by atoms with E-state index in [0.29, 0.717) is 22.3 Å². The van der Waals surface area contributed by atoms with Gasteiger partial charge in [0.2, 0.25) is 0 Å². The predicted octanol–water partition coefficient (Wildman–Crippen LogP) is 4.78. The van der Waals surface area contributed by atoms with Crippen molar-refractivity contribution in [3.8, 4) is 0 Å². The molecule has 0 aliphatic heterocycles. The van der Waals surface area contributed by atoms with E-state index in [0.717, 1.165) is 11.3 Å². The van der Waals surface area contributed by atoms with Crippen molar-refractivity contribution >= 4 is 40.7 Å². The first-order valence-corrected chi connectivity index (χ1v) is 6.97. The van der Waals surface area contributed by atoms with Crippen molar-refractivity contribution in [2.75, 3.05) is 17.7 Å². The molecular weight excluding hydrogens is 311 g/mol. The van der Waals surface area contributed by atoms with E-state index in [9.17, 15) is 4.79 Å². The molecule has 1 amide bonds. The number of rotatable bonds is 4. The molecule has 0 saturated heterocycles. The third-order valence-corrected chi connectivity index (χ3v) is 3.56. The molecule has 0 aliphatic carbocycles. The van der Waals surface area contributed by atoms with E-state index in [-0.39, 0.29) is 0 Å². The highest BCUT2D eigenvalue weighted by atomic mass is 35.5. The highest BCUT2D eigenvalue weighted by Gasteiger charge is 2.05. The van der Waals surface area contributed by atoms with Crippen molar-refractivity contribution in [2.24, 2.45) is 0 Å². The molecule has 0 unspecified atom stereocenters. The molecule has 0 bridgehead atoms. The van der Waals surface area contributed by atoms with Gasteiger partial charge >= 0.3 is 6.09 Å². The zero-order valence-corrected chi connectivity index (χ0v) is 12.8. The summed E-state index contributed by atoms with van der Waals surface area (Å²) in [6.07, 6.45) is -0.501. The van der Waals surface area contributed by atoms with Crippen molar-refractivity contribution in [3.63, 3.8) is 0 Å². The molecule has 0 aliphatic rings. The molecule has 6 heteroatoms. The van der Waals surface area contributed by atoms with Crippen LogP contribution < -0.4 is 10.6 Å². The van der Waals surface area contributed by atoms with Crippen molar-refractivity contribution < 1.29 is 9.53 Å². The largest absolute Gasteiger partial charge is 0.453 e. The summed E-state index contributed by atoms with van der Waals surface area (Å²) in [5.74, 6) is 0. The van der Waals surface area contributed by atoms with Crippen molar-refractivity contribution in [3.05, 3.63) is 58.1 Å². The fourth-order valence-corrected chi connectivity index (χ4v) is 2.26. The lowest BCUT2D eigenvalue weighted by atomic mass is 10.2. The summed E-state index contributed by atoms with van der Waals surface area (Å²) in [6, 6.07) is 12.6. The number of ether oxygens (including phenoxy) is 1. The molecule has 21 heavy (non-hydrogen) atoms. The average molecular weight is 325 g/mol. The van der Waals surface area contributed by atoms with Gasteiger partial charge in [-0.1, -0.05) is 29.3 Å². The molecule has 110 valence electrons. The van der Waals surface area contributed by atoms with E-state index >= 15 is 0 Å². The van der Waals surface area contributed by atoms with E-state index in [2.05, 4.69) is 15.4 Å². The Kier molecular flexibility index (Phi) is 5.31. The minimum atomic E-state index is -0.501. The third kappa shape index (κ3) is 4.28. The second-order valence-corrected chi connectivity index (χ2v) is 5.06. The highest BCUT2D eigenvalue weighted by molar-refractivity contribution is 6.36. The topological polar surface area (TPSA) is 50.4 Å². The van der Waals surface area contributed by atoms with Crippen molar-refractivity contribution in [2.45, 2.75) is 6.54 Å². The first kappa shape index (κ1) is 15.5. The summed E-state index contributed by atoms with van der Waals surface area (Å²) in [7, 11) is 1.32. The number of hydrogen-bond donors (Lipinski definition) is 2. The number of benzene rings is 2. The van der Waals surface area contributed by atoms with Crippen LogP contribution in [0.5, 0.6) is 0 Å². The maximum Gasteiger partial charge on any atom is 0.411 e. The third-order valence-electron chi connectivity index (χ3n) is 2.85. The molecule has 0 atom stereocenters. The zero-order chi connectivity index (χ0) is 15.2. The van der Waals surface area contributed by atoms with Gasteiger partial charge in [0.1, 0.15) is 0 Å². The van der Waals surface area contributed by atoms with E-state index in [1.165, 1.54) is 7.11 Å². The van der Waals surface area contributed by atoms with Gasteiger partial charge in [-0.15, -0.1) is 0 Å². The van der Waals surface area contributed by atoms with Crippen LogP contribution in [-0.2, 0) is 11.3 Å². The van der Waals surface area contributed by atoms with Crippen molar-refractivity contribution in [1.29, 1.82) is 0 Å². The second kappa shape index (κ2) is 7.20. The Hall–Kier alpha value is -1.91. The maximum absolute atomic E-state index is 11.1. The summed E-state index contributed by atoms with van der Waals surface area (Å²) < 4.78 is 4.52. The van der Waals surface area contributed by atoms with Gasteiger partial charge in [0.25, 0.3) is 0 Å². The molecule has 0 saturated carbocycles. The van der Waals surface area contributed by atoms with Crippen LogP contribution in [0, 0.1) is 0 Å². The molecule has 0 aromatic heterocycles. The minimum absolute atomic E-state index is 0.501. The van der Waals surface area contributed by atoms with E-state index in [1.54, 1.807) is 30.3 Å². The molecule has 0 radical (unpaired) electrons. The number of hydrogen-bond acceptors (Lipinski definition) is 3. The highest BCUT2D eigenvalue weighted by Crippen LogP contribution is 2.25. The van der Waals surface area contributed by atoms with Gasteiger partial charge in [0.15, 0.2) is 0 Å². The zero-order valence-electron chi connectivity index (χ0n) is 11.3. The lowest BCUT2D eigenvalue weighted by Crippen LogP contribution is -2.10. The number of carbonyl (C=O) groups is 1. The monoisotopic (exact) mass is 324 g/mol. The predicted molar refractivity (Wildman–Crippen MR) is 86.3 cm³/mol. The molecule has 2 rings (SSSR count). The Labute approximate surface area is 133 Å². The van der Waals surface area contributed by atoms with Gasteiger partial charge in [-0.3, -0.25) is 5.32 Å². The van der Waals surface area contributed by atoms with E-state index < -0.39 is 6.09 Å². The lowest BCUT2D eigenvalue weighted by molar-refractivity contribution is 0.187. The molecular formula is C15H14Cl2N2O2. The molecule has 0 heterocycles. The first-order valence-electron chi connectivity index (χ1n) is 6.22. The Bertz CT molecular complexity index is 610. The van der Waals surface area contributed by atoms with E-state index in [1.807, 2.05) is 12.1 Å². The van der Waals surface area contributed by atoms with Crippen LogP contribution in [0.2, 0.25) is 10.0 Å². The summed E-state index contributed by atoms with van der Waals surface area (Å²) in [4.78, 5) is 11.1. The second-order valence-electron chi connectivity index (χ2n) is 4.25. The van der Waals surface area contributed by atoms with Gasteiger partial charge in [-0.2, -0.15) is 0 Å². The van der Waals surface area contributed by atoms with Gasteiger partial charge in [-0.25, -0.2) is 4.79 Å². The Morgan fingerprint density at radius 2 is 1.62 bits per heavy atom. The normalized spacial score (nSPS) is 10.0. The summed E-state index contributed by atoms with van der Waals surface area (Å²) >= 11 is 12.2. The maximum atomic E-state index is 11.1. The number of methoxy groups -OCH3 is 1. The number of halogens is 2. The van der Waals surface area contributed by atoms with Crippen LogP contribution in [-0.4, -0.2) is 13.2 Å². The molecule has 4 nitrogen and oxygen atoms in total. The van der Waals surface area contributed by atoms with Crippen LogP contribution in [0.15, 0.2) is 42.5 Å². The first-order chi connectivity index (χ1) is 10.1. The van der Waals surface area contributed by atoms with Crippen LogP contribution in [0.4, 0.5) is 16.2 Å². The van der Waals surface area contributed by atoms with Crippen LogP contribution >= 0.6 is 23.2 Å². The number of nitrogens with one attached hydrogen (secondary N) is 2. The number of anilines is 2. The Balaban J connectivity index is 1.99. The fraction of sp³-hybridized carbons (Fsp3) is 0.133. The minimum Gasteiger partial charge on any atom is -0.453 e. The van der Waals surface area contributed by atoms with Crippen molar-refractivity contribution in [1.82, 2.24) is 0 Å². The van der Waals surface area contributed by atoms with Crippen LogP contribution in [0.3, 0.4) is 0 Å². The quantitative estimate of drug-likeness (QED) is 0.850. The standard InChI is InChI=1S/C15H14Cl2N2O2/c1-21-15(20)19-11-7-5-10(6-8-11)18-9-12-13(16)3-2-4-14(12)17/h2-8,18H,9H2,1H3,(H,19,20). The number of carbonyl (C=O) groups excluding carboxylic acids is 1. The summed E-state index contributed by atoms with van der Waals surface area (Å²) in [6.45, 7) is 0.516. The molecule has 2 aromatic rings. The number of amides is 1. The average Bonchev–Trinajstić information content (AvgIpc) is 2.48. The summed E-state index contributed by atoms with van der Waals surface area (Å²) in [5, 5.41) is 7.05. The van der Waals surface area contributed by atoms with Gasteiger partial charge in [-0.05, 0) is 36.4 Å². The van der Waals surface area contributed by atoms with Gasteiger partial charge in [0, 0.05) is 33.5 Å². The van der Waals surface area contributed by atoms with E-state index in [4.69, 9.17) is 23.2 Å². The summed E-state index contributed by atoms with van der Waals surface area (Å²) in [5.41, 5.74) is 2.39. The van der Waals surface area contributed by atoms with Crippen LogP contribution in [0.1, 0.15) is 5.56 Å². The fourth-order valence-electron chi connectivity index (χ4n) is 1.73. The van der Waals surface area contributed by atoms with Gasteiger partial charge in [0.05, 0.1) is 7.11 Å². The van der Waals surface area contributed by atoms with Gasteiger partial charge < -0.3 is 10.1 Å². The molecule has 0 fully saturated rings. The molecule has 2 N–H and O–H groups in total. The smallest absolute Gasteiger partial charge is 0.411 e. The lowest BCUT2D eigenvalue weighted by Gasteiger charge is -2.10.